The molecule has 1 atom stereocenters. The number of nitrogens with one attached hydrogen (secondary N) is 1. The fraction of sp³-hybridized carbons (Fsp3) is 0.444. The van der Waals surface area contributed by atoms with Gasteiger partial charge in [-0.15, -0.1) is 11.3 Å². The van der Waals surface area contributed by atoms with Crippen LogP contribution in [0.4, 0.5) is 0 Å². The van der Waals surface area contributed by atoms with Crippen LogP contribution in [0.2, 0.25) is 0 Å². The first-order valence-electron chi connectivity index (χ1n) is 7.73. The summed E-state index contributed by atoms with van der Waals surface area (Å²) in [4.78, 5) is 1.47. The van der Waals surface area contributed by atoms with Gasteiger partial charge in [-0.3, -0.25) is 0 Å². The molecule has 1 aromatic carbocycles. The number of hydrogen-bond acceptors (Lipinski definition) is 2. The highest BCUT2D eigenvalue weighted by Crippen LogP contribution is 2.41. The zero-order chi connectivity index (χ0) is 13.8. The van der Waals surface area contributed by atoms with Gasteiger partial charge >= 0.3 is 0 Å². The predicted molar refractivity (Wildman–Crippen MR) is 87.2 cm³/mol. The van der Waals surface area contributed by atoms with E-state index in [2.05, 4.69) is 54.0 Å². The highest BCUT2D eigenvalue weighted by molar-refractivity contribution is 7.10. The lowest BCUT2D eigenvalue weighted by Crippen LogP contribution is -2.20. The zero-order valence-corrected chi connectivity index (χ0v) is 13.0. The molecule has 1 heterocycles. The van der Waals surface area contributed by atoms with E-state index in [-0.39, 0.29) is 0 Å². The third-order valence-electron chi connectivity index (χ3n) is 4.08. The average molecular weight is 285 g/mol. The van der Waals surface area contributed by atoms with Crippen LogP contribution in [0.25, 0.3) is 0 Å². The fourth-order valence-electron chi connectivity index (χ4n) is 2.84. The number of benzene rings is 1. The van der Waals surface area contributed by atoms with Gasteiger partial charge in [-0.1, -0.05) is 43.7 Å². The Labute approximate surface area is 126 Å². The van der Waals surface area contributed by atoms with Crippen molar-refractivity contribution in [3.8, 4) is 0 Å². The maximum atomic E-state index is 3.77. The topological polar surface area (TPSA) is 12.0 Å². The highest BCUT2D eigenvalue weighted by atomic mass is 32.1. The van der Waals surface area contributed by atoms with Gasteiger partial charge in [0.1, 0.15) is 0 Å². The lowest BCUT2D eigenvalue weighted by Gasteiger charge is -2.18. The molecule has 1 N–H and O–H groups in total. The number of rotatable bonds is 7. The van der Waals surface area contributed by atoms with Crippen molar-refractivity contribution >= 4 is 11.3 Å². The molecule has 1 nitrogen and oxygen atoms in total. The van der Waals surface area contributed by atoms with Crippen molar-refractivity contribution in [2.45, 2.75) is 51.1 Å². The maximum Gasteiger partial charge on any atom is 0.0417 e. The third-order valence-corrected chi connectivity index (χ3v) is 5.06. The van der Waals surface area contributed by atoms with E-state index < -0.39 is 0 Å². The van der Waals surface area contributed by atoms with Gasteiger partial charge in [0, 0.05) is 17.5 Å². The van der Waals surface area contributed by atoms with E-state index in [0.717, 1.165) is 12.5 Å². The lowest BCUT2D eigenvalue weighted by atomic mass is 10.0. The molecule has 0 bridgehead atoms. The summed E-state index contributed by atoms with van der Waals surface area (Å²) in [6, 6.07) is 13.9. The van der Waals surface area contributed by atoms with Crippen molar-refractivity contribution in [3.63, 3.8) is 0 Å². The second kappa shape index (κ2) is 6.55. The van der Waals surface area contributed by atoms with Crippen molar-refractivity contribution in [3.05, 3.63) is 57.8 Å². The predicted octanol–water partition coefficient (Wildman–Crippen LogP) is 5.26. The highest BCUT2D eigenvalue weighted by Gasteiger charge is 2.25. The molecule has 0 saturated heterocycles. The Balaban J connectivity index is 1.68. The van der Waals surface area contributed by atoms with Crippen LogP contribution in [0.3, 0.4) is 0 Å². The standard InChI is InChI=1S/C18H23NS/c1-2-6-17(18-9-5-12-20-18)19-13-15-7-3-4-8-16(15)14-10-11-14/h3-5,7-9,12,14,17,19H,2,6,10-11,13H2,1H3. The molecular formula is C18H23NS. The van der Waals surface area contributed by atoms with Crippen molar-refractivity contribution in [2.75, 3.05) is 0 Å². The Kier molecular flexibility index (Phi) is 4.54. The molecule has 1 aliphatic carbocycles. The Morgan fingerprint density at radius 2 is 2.05 bits per heavy atom. The van der Waals surface area contributed by atoms with Crippen molar-refractivity contribution in [2.24, 2.45) is 0 Å². The molecule has 2 aromatic rings. The summed E-state index contributed by atoms with van der Waals surface area (Å²) < 4.78 is 0. The number of thiophene rings is 1. The van der Waals surface area contributed by atoms with Crippen molar-refractivity contribution in [1.82, 2.24) is 5.32 Å². The Hall–Kier alpha value is -1.12. The monoisotopic (exact) mass is 285 g/mol. The summed E-state index contributed by atoms with van der Waals surface area (Å²) in [6.07, 6.45) is 5.19. The normalized spacial score (nSPS) is 16.2. The molecule has 1 unspecified atom stereocenters. The van der Waals surface area contributed by atoms with Crippen LogP contribution in [0, 0.1) is 0 Å². The van der Waals surface area contributed by atoms with Gasteiger partial charge in [0.25, 0.3) is 0 Å². The molecule has 0 spiro atoms. The molecular weight excluding hydrogens is 262 g/mol. The van der Waals surface area contributed by atoms with E-state index in [0.29, 0.717) is 6.04 Å². The molecule has 1 aromatic heterocycles. The van der Waals surface area contributed by atoms with Gasteiger partial charge in [0.15, 0.2) is 0 Å². The molecule has 0 amide bonds. The van der Waals surface area contributed by atoms with Crippen molar-refractivity contribution in [1.29, 1.82) is 0 Å². The second-order valence-electron chi connectivity index (χ2n) is 5.71. The minimum absolute atomic E-state index is 0.507. The molecule has 20 heavy (non-hydrogen) atoms. The largest absolute Gasteiger partial charge is 0.305 e. The SMILES string of the molecule is CCCC(NCc1ccccc1C1CC1)c1cccs1. The third kappa shape index (κ3) is 3.31. The Morgan fingerprint density at radius 1 is 1.20 bits per heavy atom. The van der Waals surface area contributed by atoms with Gasteiger partial charge in [0.2, 0.25) is 0 Å². The van der Waals surface area contributed by atoms with Gasteiger partial charge in [0.05, 0.1) is 0 Å². The lowest BCUT2D eigenvalue weighted by molar-refractivity contribution is 0.499. The van der Waals surface area contributed by atoms with Crippen LogP contribution < -0.4 is 5.32 Å². The summed E-state index contributed by atoms with van der Waals surface area (Å²) in [5.74, 6) is 0.833. The Morgan fingerprint density at radius 3 is 2.75 bits per heavy atom. The molecule has 1 aliphatic rings. The second-order valence-corrected chi connectivity index (χ2v) is 6.69. The van der Waals surface area contributed by atoms with Crippen molar-refractivity contribution < 1.29 is 0 Å². The maximum absolute atomic E-state index is 3.77. The van der Waals surface area contributed by atoms with Crippen LogP contribution in [0.5, 0.6) is 0 Å². The average Bonchev–Trinajstić information content (AvgIpc) is 3.18. The minimum Gasteiger partial charge on any atom is -0.305 e. The van der Waals surface area contributed by atoms with E-state index in [4.69, 9.17) is 0 Å². The molecule has 3 rings (SSSR count). The van der Waals surface area contributed by atoms with Gasteiger partial charge in [-0.05, 0) is 47.8 Å². The van der Waals surface area contributed by atoms with Gasteiger partial charge < -0.3 is 5.32 Å². The molecule has 0 radical (unpaired) electrons. The smallest absolute Gasteiger partial charge is 0.0417 e. The zero-order valence-electron chi connectivity index (χ0n) is 12.1. The molecule has 1 saturated carbocycles. The number of hydrogen-bond donors (Lipinski definition) is 1. The summed E-state index contributed by atoms with van der Waals surface area (Å²) in [6.45, 7) is 3.26. The summed E-state index contributed by atoms with van der Waals surface area (Å²) in [5, 5.41) is 5.95. The minimum atomic E-state index is 0.507. The molecule has 106 valence electrons. The van der Waals surface area contributed by atoms with Crippen LogP contribution in [0.15, 0.2) is 41.8 Å². The van der Waals surface area contributed by atoms with E-state index in [1.54, 1.807) is 5.56 Å². The van der Waals surface area contributed by atoms with E-state index in [1.807, 2.05) is 11.3 Å². The van der Waals surface area contributed by atoms with E-state index in [9.17, 15) is 0 Å². The summed E-state index contributed by atoms with van der Waals surface area (Å²) >= 11 is 1.87. The first-order valence-corrected chi connectivity index (χ1v) is 8.61. The van der Waals surface area contributed by atoms with Crippen LogP contribution in [-0.4, -0.2) is 0 Å². The summed E-state index contributed by atoms with van der Waals surface area (Å²) in [7, 11) is 0. The quantitative estimate of drug-likeness (QED) is 0.732. The van der Waals surface area contributed by atoms with Crippen LogP contribution in [0.1, 0.15) is 60.6 Å². The first kappa shape index (κ1) is 13.8. The Bertz CT molecular complexity index is 528. The van der Waals surface area contributed by atoms with E-state index >= 15 is 0 Å². The fourth-order valence-corrected chi connectivity index (χ4v) is 3.68. The molecule has 0 aliphatic heterocycles. The first-order chi connectivity index (χ1) is 9.88. The van der Waals surface area contributed by atoms with Crippen LogP contribution >= 0.6 is 11.3 Å². The molecule has 1 fully saturated rings. The van der Waals surface area contributed by atoms with Gasteiger partial charge in [-0.25, -0.2) is 0 Å². The van der Waals surface area contributed by atoms with Gasteiger partial charge in [-0.2, -0.15) is 0 Å². The van der Waals surface area contributed by atoms with Crippen LogP contribution in [-0.2, 0) is 6.54 Å². The molecule has 2 heteroatoms. The van der Waals surface area contributed by atoms with E-state index in [1.165, 1.54) is 36.1 Å². The summed E-state index contributed by atoms with van der Waals surface area (Å²) in [5.41, 5.74) is 3.06.